The lowest BCUT2D eigenvalue weighted by Gasteiger charge is -2.38. The monoisotopic (exact) mass is 376 g/mol. The van der Waals surface area contributed by atoms with E-state index in [1.807, 2.05) is 13.8 Å². The maximum atomic E-state index is 14.5. The molecule has 0 amide bonds. The van der Waals surface area contributed by atoms with E-state index in [9.17, 15) is 17.6 Å². The first-order chi connectivity index (χ1) is 11.3. The summed E-state index contributed by atoms with van der Waals surface area (Å²) in [5, 5.41) is -0.837. The van der Waals surface area contributed by atoms with Crippen molar-refractivity contribution >= 4 is 23.2 Å². The van der Waals surface area contributed by atoms with Gasteiger partial charge in [-0.1, -0.05) is 23.3 Å². The van der Waals surface area contributed by atoms with E-state index in [1.165, 1.54) is 0 Å². The molecule has 3 aliphatic rings. The van der Waals surface area contributed by atoms with E-state index < -0.39 is 45.9 Å². The molecule has 1 saturated carbocycles. The fourth-order valence-electron chi connectivity index (χ4n) is 4.91. The molecule has 6 heteroatoms. The number of allylic oxidation sites excluding steroid dienone is 4. The normalized spacial score (nSPS) is 36.1. The molecule has 128 valence electrons. The quantitative estimate of drug-likeness (QED) is 0.177. The van der Waals surface area contributed by atoms with Crippen molar-refractivity contribution in [3.05, 3.63) is 57.7 Å². The largest absolute Gasteiger partial charge is 0.203 e. The van der Waals surface area contributed by atoms with Gasteiger partial charge in [0.15, 0.2) is 23.3 Å². The second kappa shape index (κ2) is 5.25. The molecule has 0 aromatic heterocycles. The minimum Gasteiger partial charge on any atom is -0.203 e. The summed E-state index contributed by atoms with van der Waals surface area (Å²) >= 11 is 12.8. The Balaban J connectivity index is 2.07. The van der Waals surface area contributed by atoms with Crippen molar-refractivity contribution in [2.75, 3.05) is 0 Å². The topological polar surface area (TPSA) is 0 Å². The van der Waals surface area contributed by atoms with E-state index in [4.69, 9.17) is 23.2 Å². The average Bonchev–Trinajstić information content (AvgIpc) is 3.06. The lowest BCUT2D eigenvalue weighted by molar-refractivity contribution is 0.303. The van der Waals surface area contributed by atoms with Gasteiger partial charge in [-0.2, -0.15) is 0 Å². The van der Waals surface area contributed by atoms with Crippen molar-refractivity contribution in [1.29, 1.82) is 0 Å². The zero-order valence-electron chi connectivity index (χ0n) is 12.9. The second-order valence-corrected chi connectivity index (χ2v) is 7.93. The van der Waals surface area contributed by atoms with E-state index in [0.717, 1.165) is 11.1 Å². The van der Waals surface area contributed by atoms with Gasteiger partial charge in [-0.3, -0.25) is 0 Å². The molecule has 6 atom stereocenters. The van der Waals surface area contributed by atoms with E-state index in [-0.39, 0.29) is 23.0 Å². The Morgan fingerprint density at radius 2 is 1.12 bits per heavy atom. The molecule has 3 aliphatic carbocycles. The molecule has 0 heterocycles. The molecule has 0 aliphatic heterocycles. The van der Waals surface area contributed by atoms with Crippen LogP contribution in [0.25, 0.3) is 0 Å². The van der Waals surface area contributed by atoms with Crippen LogP contribution in [0.2, 0.25) is 0 Å². The van der Waals surface area contributed by atoms with Crippen molar-refractivity contribution < 1.29 is 17.6 Å². The molecule has 0 spiro atoms. The number of rotatable bonds is 0. The molecule has 2 bridgehead atoms. The predicted octanol–water partition coefficient (Wildman–Crippen LogP) is 5.79. The highest BCUT2D eigenvalue weighted by Gasteiger charge is 2.61. The molecule has 0 nitrogen and oxygen atoms in total. The van der Waals surface area contributed by atoms with Gasteiger partial charge < -0.3 is 0 Å². The number of benzene rings is 1. The molecular formula is C18H14Cl2F4. The van der Waals surface area contributed by atoms with Crippen molar-refractivity contribution in [3.8, 4) is 0 Å². The first kappa shape index (κ1) is 16.5. The maximum Gasteiger partial charge on any atom is 0.197 e. The van der Waals surface area contributed by atoms with Crippen LogP contribution in [0, 0.1) is 35.1 Å². The Morgan fingerprint density at radius 1 is 0.750 bits per heavy atom. The van der Waals surface area contributed by atoms with Gasteiger partial charge in [0.05, 0.1) is 10.8 Å². The molecule has 0 unspecified atom stereocenters. The van der Waals surface area contributed by atoms with Gasteiger partial charge in [-0.05, 0) is 25.7 Å². The summed E-state index contributed by atoms with van der Waals surface area (Å²) in [6.07, 6.45) is 3.50. The van der Waals surface area contributed by atoms with Gasteiger partial charge in [0.25, 0.3) is 0 Å². The third-order valence-corrected chi connectivity index (χ3v) is 6.51. The number of hydrogen-bond donors (Lipinski definition) is 0. The standard InChI is InChI=1S/C18H14Cl2F4/c1-5(2)8-11-9-6(19)3-4-7(20)10(9)12(8)14-13(11)15(21)17(23)18(24)16(14)22/h3-4,6-7,9-12H,1-2H3/t6-,7+,9-,10-,11+,12-/m0/s1. The summed E-state index contributed by atoms with van der Waals surface area (Å²) in [7, 11) is 0. The summed E-state index contributed by atoms with van der Waals surface area (Å²) in [6.45, 7) is 3.67. The van der Waals surface area contributed by atoms with Crippen LogP contribution in [0.5, 0.6) is 0 Å². The van der Waals surface area contributed by atoms with Gasteiger partial charge in [0.1, 0.15) is 0 Å². The van der Waals surface area contributed by atoms with Crippen molar-refractivity contribution in [3.63, 3.8) is 0 Å². The van der Waals surface area contributed by atoms with Gasteiger partial charge in [-0.25, -0.2) is 17.6 Å². The SMILES string of the molecule is CC(C)=C1[C@@H]2c3c(F)c(F)c(F)c(F)c3[C@H]1[C@@H]1[C@@H]2[C@H](Cl)C=C[C@@H]1Cl. The zero-order valence-corrected chi connectivity index (χ0v) is 14.4. The summed E-state index contributed by atoms with van der Waals surface area (Å²) in [5.74, 6) is -7.81. The molecule has 4 rings (SSSR count). The van der Waals surface area contributed by atoms with Crippen molar-refractivity contribution in [1.82, 2.24) is 0 Å². The fourth-order valence-corrected chi connectivity index (χ4v) is 5.70. The molecule has 1 aromatic carbocycles. The van der Waals surface area contributed by atoms with Gasteiger partial charge in [-0.15, -0.1) is 23.2 Å². The Labute approximate surface area is 147 Å². The van der Waals surface area contributed by atoms with E-state index in [1.54, 1.807) is 12.2 Å². The molecule has 1 aromatic rings. The van der Waals surface area contributed by atoms with Crippen molar-refractivity contribution in [2.24, 2.45) is 11.8 Å². The van der Waals surface area contributed by atoms with E-state index >= 15 is 0 Å². The van der Waals surface area contributed by atoms with Crippen LogP contribution < -0.4 is 0 Å². The summed E-state index contributed by atoms with van der Waals surface area (Å²) in [4.78, 5) is 0. The van der Waals surface area contributed by atoms with Gasteiger partial charge >= 0.3 is 0 Å². The smallest absolute Gasteiger partial charge is 0.197 e. The molecular weight excluding hydrogens is 363 g/mol. The molecule has 0 radical (unpaired) electrons. The average molecular weight is 377 g/mol. The summed E-state index contributed by atoms with van der Waals surface area (Å²) < 4.78 is 56.7. The number of fused-ring (bicyclic) bond motifs is 8. The first-order valence-electron chi connectivity index (χ1n) is 7.76. The number of hydrogen-bond acceptors (Lipinski definition) is 0. The van der Waals surface area contributed by atoms with Crippen LogP contribution >= 0.6 is 23.2 Å². The lowest BCUT2D eigenvalue weighted by atomic mass is 9.70. The van der Waals surface area contributed by atoms with Gasteiger partial charge in [0.2, 0.25) is 0 Å². The van der Waals surface area contributed by atoms with E-state index in [0.29, 0.717) is 0 Å². The Bertz CT molecular complexity index is 751. The summed E-state index contributed by atoms with van der Waals surface area (Å²) in [5.41, 5.74) is 1.50. The van der Waals surface area contributed by atoms with Crippen LogP contribution in [0.3, 0.4) is 0 Å². The molecule has 0 saturated heterocycles. The third kappa shape index (κ3) is 1.82. The lowest BCUT2D eigenvalue weighted by Crippen LogP contribution is -2.37. The highest BCUT2D eigenvalue weighted by atomic mass is 35.5. The fraction of sp³-hybridized carbons (Fsp3) is 0.444. The zero-order chi connectivity index (χ0) is 17.5. The molecule has 24 heavy (non-hydrogen) atoms. The molecule has 1 fully saturated rings. The Kier molecular flexibility index (Phi) is 3.60. The van der Waals surface area contributed by atoms with Crippen molar-refractivity contribution in [2.45, 2.75) is 36.4 Å². The van der Waals surface area contributed by atoms with Crippen LogP contribution in [0.15, 0.2) is 23.3 Å². The summed E-state index contributed by atoms with van der Waals surface area (Å²) in [6, 6.07) is 0. The molecule has 0 N–H and O–H groups in total. The maximum absolute atomic E-state index is 14.5. The Morgan fingerprint density at radius 3 is 1.46 bits per heavy atom. The van der Waals surface area contributed by atoms with Gasteiger partial charge in [0, 0.05) is 23.0 Å². The number of halogens is 6. The second-order valence-electron chi connectivity index (χ2n) is 6.92. The van der Waals surface area contributed by atoms with Crippen LogP contribution in [0.4, 0.5) is 17.6 Å². The minimum absolute atomic E-state index is 0.0846. The Hall–Kier alpha value is -1.00. The van der Waals surface area contributed by atoms with Crippen LogP contribution in [-0.2, 0) is 0 Å². The van der Waals surface area contributed by atoms with E-state index in [2.05, 4.69) is 0 Å². The predicted molar refractivity (Wildman–Crippen MR) is 85.5 cm³/mol. The third-order valence-electron chi connectivity index (χ3n) is 5.64. The highest BCUT2D eigenvalue weighted by Crippen LogP contribution is 2.68. The first-order valence-corrected chi connectivity index (χ1v) is 8.64. The van der Waals surface area contributed by atoms with Crippen LogP contribution in [-0.4, -0.2) is 10.8 Å². The van der Waals surface area contributed by atoms with Crippen LogP contribution in [0.1, 0.15) is 36.8 Å². The highest BCUT2D eigenvalue weighted by molar-refractivity contribution is 6.24. The number of alkyl halides is 2. The minimum atomic E-state index is -1.76.